The molecule has 29 heavy (non-hydrogen) atoms. The number of piperidine rings is 1. The molecule has 1 aliphatic heterocycles. The summed E-state index contributed by atoms with van der Waals surface area (Å²) in [5.74, 6) is 0. The highest BCUT2D eigenvalue weighted by Crippen LogP contribution is 2.25. The normalized spacial score (nSPS) is 17.3. The number of aryl methyl sites for hydroxylation is 1. The minimum Gasteiger partial charge on any atom is -0.360 e. The molecule has 0 N–H and O–H groups in total. The summed E-state index contributed by atoms with van der Waals surface area (Å²) >= 11 is 0. The van der Waals surface area contributed by atoms with E-state index in [-0.39, 0.29) is 11.6 Å². The highest BCUT2D eigenvalue weighted by atomic mass is 32.2. The van der Waals surface area contributed by atoms with Gasteiger partial charge >= 0.3 is 0 Å². The van der Waals surface area contributed by atoms with E-state index in [2.05, 4.69) is 24.7 Å². The molecule has 0 spiro atoms. The SMILES string of the molecule is Cc1cn(C2CCN(S(C)(=O)=O)CC2)c(=O)c2cnn(COCC[Si](C)(C)C)c12. The van der Waals surface area contributed by atoms with Crippen LogP contribution in [0.4, 0.5) is 0 Å². The van der Waals surface area contributed by atoms with Crippen molar-refractivity contribution in [1.82, 2.24) is 18.7 Å². The van der Waals surface area contributed by atoms with E-state index in [9.17, 15) is 13.2 Å². The zero-order valence-electron chi connectivity index (χ0n) is 18.0. The van der Waals surface area contributed by atoms with Crippen molar-refractivity contribution >= 4 is 29.0 Å². The summed E-state index contributed by atoms with van der Waals surface area (Å²) in [7, 11) is -4.33. The van der Waals surface area contributed by atoms with Crippen molar-refractivity contribution in [2.45, 2.75) is 58.2 Å². The summed E-state index contributed by atoms with van der Waals surface area (Å²) in [6.45, 7) is 10.8. The molecular formula is C19H32N4O4SSi. The molecule has 0 aromatic carbocycles. The summed E-state index contributed by atoms with van der Waals surface area (Å²) in [6.07, 6.45) is 5.99. The van der Waals surface area contributed by atoms with Gasteiger partial charge in [-0.15, -0.1) is 0 Å². The summed E-state index contributed by atoms with van der Waals surface area (Å²) in [6, 6.07) is 1.09. The standard InChI is InChI=1S/C19H32N4O4SSi/c1-15-13-22(16-6-8-21(9-7-16)28(2,25)26)19(24)17-12-20-23(18(15)17)14-27-10-11-29(3,4)5/h12-13,16H,6-11,14H2,1-5H3. The van der Waals surface area contributed by atoms with Crippen molar-refractivity contribution in [3.8, 4) is 0 Å². The number of rotatable bonds is 7. The Kier molecular flexibility index (Phi) is 6.37. The van der Waals surface area contributed by atoms with Crippen LogP contribution in [0, 0.1) is 6.92 Å². The number of hydrogen-bond donors (Lipinski definition) is 0. The monoisotopic (exact) mass is 440 g/mol. The number of aromatic nitrogens is 3. The van der Waals surface area contributed by atoms with Gasteiger partial charge in [-0.3, -0.25) is 4.79 Å². The predicted octanol–water partition coefficient (Wildman–Crippen LogP) is 2.42. The van der Waals surface area contributed by atoms with E-state index >= 15 is 0 Å². The molecule has 8 nitrogen and oxygen atoms in total. The molecule has 162 valence electrons. The topological polar surface area (TPSA) is 86.4 Å². The number of fused-ring (bicyclic) bond motifs is 1. The second-order valence-corrected chi connectivity index (χ2v) is 16.8. The first-order valence-electron chi connectivity index (χ1n) is 10.1. The van der Waals surface area contributed by atoms with Crippen molar-refractivity contribution in [2.75, 3.05) is 26.0 Å². The van der Waals surface area contributed by atoms with Gasteiger partial charge < -0.3 is 9.30 Å². The Morgan fingerprint density at radius 2 is 1.90 bits per heavy atom. The van der Waals surface area contributed by atoms with Crippen LogP contribution in [-0.2, 0) is 21.5 Å². The third kappa shape index (κ3) is 5.17. The Morgan fingerprint density at radius 1 is 1.24 bits per heavy atom. The lowest BCUT2D eigenvalue weighted by Crippen LogP contribution is -2.40. The quantitative estimate of drug-likeness (QED) is 0.487. The second-order valence-electron chi connectivity index (χ2n) is 9.17. The lowest BCUT2D eigenvalue weighted by atomic mass is 10.1. The van der Waals surface area contributed by atoms with Gasteiger partial charge in [0.05, 0.1) is 23.4 Å². The van der Waals surface area contributed by atoms with Gasteiger partial charge in [0, 0.05) is 40.0 Å². The molecular weight excluding hydrogens is 408 g/mol. The number of pyridine rings is 1. The molecule has 0 atom stereocenters. The van der Waals surface area contributed by atoms with Gasteiger partial charge in [-0.05, 0) is 31.4 Å². The lowest BCUT2D eigenvalue weighted by Gasteiger charge is -2.31. The van der Waals surface area contributed by atoms with E-state index in [1.165, 1.54) is 10.6 Å². The van der Waals surface area contributed by atoms with E-state index in [0.717, 1.165) is 17.1 Å². The Morgan fingerprint density at radius 3 is 2.48 bits per heavy atom. The summed E-state index contributed by atoms with van der Waals surface area (Å²) in [5, 5.41) is 4.97. The molecule has 1 aliphatic rings. The number of hydrogen-bond acceptors (Lipinski definition) is 5. The average molecular weight is 441 g/mol. The van der Waals surface area contributed by atoms with Crippen molar-refractivity contribution in [2.24, 2.45) is 0 Å². The molecule has 2 aromatic heterocycles. The zero-order chi connectivity index (χ0) is 21.4. The third-order valence-electron chi connectivity index (χ3n) is 5.51. The maximum atomic E-state index is 13.1. The fraction of sp³-hybridized carbons (Fsp3) is 0.684. The minimum atomic E-state index is -3.18. The molecule has 0 unspecified atom stereocenters. The molecule has 10 heteroatoms. The maximum absolute atomic E-state index is 13.1. The van der Waals surface area contributed by atoms with E-state index in [0.29, 0.717) is 44.7 Å². The van der Waals surface area contributed by atoms with Crippen molar-refractivity contribution in [3.63, 3.8) is 0 Å². The maximum Gasteiger partial charge on any atom is 0.261 e. The van der Waals surface area contributed by atoms with Crippen molar-refractivity contribution in [3.05, 3.63) is 28.3 Å². The van der Waals surface area contributed by atoms with Crippen molar-refractivity contribution in [1.29, 1.82) is 0 Å². The van der Waals surface area contributed by atoms with E-state index in [1.54, 1.807) is 15.4 Å². The van der Waals surface area contributed by atoms with Crippen LogP contribution in [0.15, 0.2) is 17.2 Å². The largest absolute Gasteiger partial charge is 0.360 e. The summed E-state index contributed by atoms with van der Waals surface area (Å²) in [5.41, 5.74) is 1.71. The molecule has 1 saturated heterocycles. The molecule has 1 fully saturated rings. The van der Waals surface area contributed by atoms with E-state index in [4.69, 9.17) is 4.74 Å². The van der Waals surface area contributed by atoms with Gasteiger partial charge in [-0.25, -0.2) is 17.4 Å². The molecule has 0 amide bonds. The highest BCUT2D eigenvalue weighted by molar-refractivity contribution is 7.88. The minimum absolute atomic E-state index is 0.0000516. The van der Waals surface area contributed by atoms with Crippen LogP contribution in [0.3, 0.4) is 0 Å². The van der Waals surface area contributed by atoms with Crippen LogP contribution < -0.4 is 5.56 Å². The fourth-order valence-corrected chi connectivity index (χ4v) is 5.41. The van der Waals surface area contributed by atoms with E-state index in [1.807, 2.05) is 13.1 Å². The van der Waals surface area contributed by atoms with Gasteiger partial charge in [0.15, 0.2) is 0 Å². The first kappa shape index (κ1) is 22.2. The predicted molar refractivity (Wildman–Crippen MR) is 118 cm³/mol. The summed E-state index contributed by atoms with van der Waals surface area (Å²) < 4.78 is 34.3. The smallest absolute Gasteiger partial charge is 0.261 e. The molecule has 0 radical (unpaired) electrons. The first-order chi connectivity index (χ1) is 13.5. The summed E-state index contributed by atoms with van der Waals surface area (Å²) in [4.78, 5) is 13.1. The average Bonchev–Trinajstić information content (AvgIpc) is 3.05. The second kappa shape index (κ2) is 8.33. The van der Waals surface area contributed by atoms with Gasteiger partial charge in [-0.2, -0.15) is 5.10 Å². The zero-order valence-corrected chi connectivity index (χ0v) is 19.8. The molecule has 0 aliphatic carbocycles. The van der Waals surface area contributed by atoms with E-state index < -0.39 is 18.1 Å². The Hall–Kier alpha value is -1.49. The molecule has 3 heterocycles. The molecule has 0 bridgehead atoms. The van der Waals surface area contributed by atoms with Crippen LogP contribution in [0.5, 0.6) is 0 Å². The Balaban J connectivity index is 1.77. The van der Waals surface area contributed by atoms with Gasteiger partial charge in [-0.1, -0.05) is 19.6 Å². The lowest BCUT2D eigenvalue weighted by molar-refractivity contribution is 0.0816. The van der Waals surface area contributed by atoms with Crippen LogP contribution in [0.25, 0.3) is 10.9 Å². The molecule has 0 saturated carbocycles. The fourth-order valence-electron chi connectivity index (χ4n) is 3.78. The van der Waals surface area contributed by atoms with Crippen molar-refractivity contribution < 1.29 is 13.2 Å². The highest BCUT2D eigenvalue weighted by Gasteiger charge is 2.27. The number of sulfonamides is 1. The number of nitrogens with zero attached hydrogens (tertiary/aromatic N) is 4. The van der Waals surface area contributed by atoms with Gasteiger partial charge in [0.2, 0.25) is 10.0 Å². The van der Waals surface area contributed by atoms with Crippen LogP contribution in [0.1, 0.15) is 24.4 Å². The van der Waals surface area contributed by atoms with Crippen LogP contribution in [-0.4, -0.2) is 61.1 Å². The van der Waals surface area contributed by atoms with Crippen LogP contribution in [0.2, 0.25) is 25.7 Å². The third-order valence-corrected chi connectivity index (χ3v) is 8.51. The van der Waals surface area contributed by atoms with Gasteiger partial charge in [0.25, 0.3) is 5.56 Å². The van der Waals surface area contributed by atoms with Gasteiger partial charge in [0.1, 0.15) is 6.73 Å². The molecule has 2 aromatic rings. The molecule has 3 rings (SSSR count). The Bertz CT molecular complexity index is 1030. The number of ether oxygens (including phenoxy) is 1. The first-order valence-corrected chi connectivity index (χ1v) is 15.6. The Labute approximate surface area is 173 Å². The van der Waals surface area contributed by atoms with Crippen LogP contribution >= 0.6 is 0 Å².